The van der Waals surface area contributed by atoms with Gasteiger partial charge in [0.15, 0.2) is 0 Å². The van der Waals surface area contributed by atoms with Crippen LogP contribution >= 0.6 is 0 Å². The summed E-state index contributed by atoms with van der Waals surface area (Å²) in [5.74, 6) is 0.203. The van der Waals surface area contributed by atoms with Crippen LogP contribution in [0.5, 0.6) is 0 Å². The van der Waals surface area contributed by atoms with Crippen molar-refractivity contribution in [3.8, 4) is 11.3 Å². The summed E-state index contributed by atoms with van der Waals surface area (Å²) in [6, 6.07) is 8.64. The number of amides is 2. The Balaban J connectivity index is 1.14. The van der Waals surface area contributed by atoms with Crippen LogP contribution in [-0.2, 0) is 11.2 Å². The van der Waals surface area contributed by atoms with Crippen molar-refractivity contribution >= 4 is 23.2 Å². The molecule has 2 aliphatic heterocycles. The number of fused-ring (bicyclic) bond motifs is 1. The van der Waals surface area contributed by atoms with Crippen LogP contribution in [0.3, 0.4) is 0 Å². The van der Waals surface area contributed by atoms with Gasteiger partial charge in [-0.05, 0) is 43.0 Å². The summed E-state index contributed by atoms with van der Waals surface area (Å²) in [6.07, 6.45) is 8.94. The molecule has 9 nitrogen and oxygen atoms in total. The van der Waals surface area contributed by atoms with Crippen molar-refractivity contribution in [2.75, 3.05) is 43.0 Å². The maximum atomic E-state index is 12.9. The summed E-state index contributed by atoms with van der Waals surface area (Å²) in [7, 11) is 1.82. The molecule has 0 atom stereocenters. The zero-order valence-electron chi connectivity index (χ0n) is 19.2. The molecule has 0 unspecified atom stereocenters. The van der Waals surface area contributed by atoms with Gasteiger partial charge in [0.1, 0.15) is 0 Å². The highest BCUT2D eigenvalue weighted by molar-refractivity contribution is 5.96. The summed E-state index contributed by atoms with van der Waals surface area (Å²) < 4.78 is 1.92. The number of aryl methyl sites for hydroxylation is 1. The Labute approximate surface area is 198 Å². The van der Waals surface area contributed by atoms with E-state index in [0.717, 1.165) is 60.5 Å². The van der Waals surface area contributed by atoms with E-state index in [0.29, 0.717) is 31.1 Å². The van der Waals surface area contributed by atoms with Crippen molar-refractivity contribution in [1.29, 1.82) is 0 Å². The lowest BCUT2D eigenvalue weighted by atomic mass is 9.98. The van der Waals surface area contributed by atoms with Crippen LogP contribution in [-0.4, -0.2) is 69.9 Å². The second kappa shape index (κ2) is 8.23. The third-order valence-electron chi connectivity index (χ3n) is 7.06. The molecular formula is C25H27N7O2. The molecule has 1 aliphatic carbocycles. The van der Waals surface area contributed by atoms with Gasteiger partial charge in [-0.25, -0.2) is 0 Å². The van der Waals surface area contributed by atoms with E-state index in [1.165, 1.54) is 0 Å². The molecule has 1 aromatic carbocycles. The molecule has 3 aromatic rings. The predicted octanol–water partition coefficient (Wildman–Crippen LogP) is 2.55. The number of carbonyl (C=O) groups is 2. The summed E-state index contributed by atoms with van der Waals surface area (Å²) >= 11 is 0. The second-order valence-electron chi connectivity index (χ2n) is 9.31. The lowest BCUT2D eigenvalue weighted by molar-refractivity contribution is -0.118. The minimum absolute atomic E-state index is 0.0533. The average molecular weight is 458 g/mol. The Morgan fingerprint density at radius 2 is 1.85 bits per heavy atom. The van der Waals surface area contributed by atoms with Crippen molar-refractivity contribution in [1.82, 2.24) is 24.9 Å². The van der Waals surface area contributed by atoms with Crippen LogP contribution in [0.15, 0.2) is 42.9 Å². The van der Waals surface area contributed by atoms with Gasteiger partial charge in [-0.3, -0.25) is 14.3 Å². The number of hydrogen-bond acceptors (Lipinski definition) is 6. The molecule has 4 heterocycles. The van der Waals surface area contributed by atoms with Gasteiger partial charge in [0.25, 0.3) is 5.91 Å². The molecule has 1 saturated carbocycles. The fourth-order valence-electron chi connectivity index (χ4n) is 4.82. The fraction of sp³-hybridized carbons (Fsp3) is 0.400. The smallest absolute Gasteiger partial charge is 0.257 e. The standard InChI is InChI=1S/C25H27N7O2/c1-29-23-6-2-17(12-18(23)3-7-24(29)33)22-13-21(15-26-28-22)30-8-10-31(11-9-30)25(34)19-14-27-32(16-19)20-4-5-20/h2,6,12-16,20H,3-5,7-11H2,1H3. The van der Waals surface area contributed by atoms with Gasteiger partial charge < -0.3 is 14.7 Å². The van der Waals surface area contributed by atoms with Crippen LogP contribution < -0.4 is 9.80 Å². The van der Waals surface area contributed by atoms with E-state index in [1.54, 1.807) is 17.3 Å². The Hall–Kier alpha value is -3.75. The zero-order chi connectivity index (χ0) is 23.2. The molecule has 2 amide bonds. The third-order valence-corrected chi connectivity index (χ3v) is 7.06. The summed E-state index contributed by atoms with van der Waals surface area (Å²) in [4.78, 5) is 30.8. The Bertz CT molecular complexity index is 1260. The van der Waals surface area contributed by atoms with Crippen molar-refractivity contribution in [3.63, 3.8) is 0 Å². The molecule has 2 fully saturated rings. The molecule has 0 radical (unpaired) electrons. The van der Waals surface area contributed by atoms with Crippen molar-refractivity contribution in [3.05, 3.63) is 54.0 Å². The number of piperazine rings is 1. The summed E-state index contributed by atoms with van der Waals surface area (Å²) in [5.41, 5.74) is 5.61. The molecular weight excluding hydrogens is 430 g/mol. The lowest BCUT2D eigenvalue weighted by Crippen LogP contribution is -2.48. The van der Waals surface area contributed by atoms with E-state index in [4.69, 9.17) is 0 Å². The van der Waals surface area contributed by atoms with Gasteiger partial charge in [0, 0.05) is 57.1 Å². The number of anilines is 2. The number of benzene rings is 1. The number of nitrogens with zero attached hydrogens (tertiary/aromatic N) is 7. The number of rotatable bonds is 4. The zero-order valence-corrected chi connectivity index (χ0v) is 19.2. The second-order valence-corrected chi connectivity index (χ2v) is 9.31. The SMILES string of the molecule is CN1C(=O)CCc2cc(-c3cc(N4CCN(C(=O)c5cnn(C6CC6)c5)CC4)cnn3)ccc21. The van der Waals surface area contributed by atoms with Crippen LogP contribution in [0.4, 0.5) is 11.4 Å². The normalized spacial score (nSPS) is 18.3. The molecule has 0 spiro atoms. The molecule has 6 rings (SSSR count). The van der Waals surface area contributed by atoms with Crippen LogP contribution in [0.1, 0.15) is 41.2 Å². The Morgan fingerprint density at radius 3 is 2.65 bits per heavy atom. The molecule has 0 N–H and O–H groups in total. The maximum absolute atomic E-state index is 12.9. The molecule has 3 aliphatic rings. The van der Waals surface area contributed by atoms with E-state index in [-0.39, 0.29) is 11.8 Å². The minimum Gasteiger partial charge on any atom is -0.367 e. The third kappa shape index (κ3) is 3.81. The average Bonchev–Trinajstić information content (AvgIpc) is 3.62. The van der Waals surface area contributed by atoms with Crippen molar-refractivity contribution in [2.24, 2.45) is 0 Å². The number of aromatic nitrogens is 4. The first-order valence-corrected chi connectivity index (χ1v) is 11.9. The number of carbonyl (C=O) groups excluding carboxylic acids is 2. The van der Waals surface area contributed by atoms with Crippen molar-refractivity contribution < 1.29 is 9.59 Å². The molecule has 174 valence electrons. The fourth-order valence-corrected chi connectivity index (χ4v) is 4.82. The molecule has 34 heavy (non-hydrogen) atoms. The van der Waals surface area contributed by atoms with E-state index >= 15 is 0 Å². The largest absolute Gasteiger partial charge is 0.367 e. The first-order chi connectivity index (χ1) is 16.6. The van der Waals surface area contributed by atoms with Gasteiger partial charge in [-0.1, -0.05) is 6.07 Å². The monoisotopic (exact) mass is 457 g/mol. The first-order valence-electron chi connectivity index (χ1n) is 11.9. The van der Waals surface area contributed by atoms with Crippen LogP contribution in [0.2, 0.25) is 0 Å². The topological polar surface area (TPSA) is 87.5 Å². The van der Waals surface area contributed by atoms with Gasteiger partial charge in [0.05, 0.1) is 35.4 Å². The maximum Gasteiger partial charge on any atom is 0.257 e. The van der Waals surface area contributed by atoms with E-state index in [1.807, 2.05) is 35.0 Å². The lowest BCUT2D eigenvalue weighted by Gasteiger charge is -2.35. The van der Waals surface area contributed by atoms with Gasteiger partial charge in [-0.2, -0.15) is 15.3 Å². The highest BCUT2D eigenvalue weighted by atomic mass is 16.2. The molecule has 2 aromatic heterocycles. The van der Waals surface area contributed by atoms with Gasteiger partial charge in [-0.15, -0.1) is 0 Å². The van der Waals surface area contributed by atoms with Crippen LogP contribution in [0.25, 0.3) is 11.3 Å². The summed E-state index contributed by atoms with van der Waals surface area (Å²) in [5, 5.41) is 13.0. The Morgan fingerprint density at radius 1 is 1.03 bits per heavy atom. The van der Waals surface area contributed by atoms with E-state index in [2.05, 4.69) is 32.3 Å². The van der Waals surface area contributed by atoms with Gasteiger partial charge in [0.2, 0.25) is 5.91 Å². The molecule has 9 heteroatoms. The highest BCUT2D eigenvalue weighted by Gasteiger charge is 2.28. The van der Waals surface area contributed by atoms with Gasteiger partial charge >= 0.3 is 0 Å². The van der Waals surface area contributed by atoms with Crippen molar-refractivity contribution in [2.45, 2.75) is 31.7 Å². The Kier molecular flexibility index (Phi) is 5.04. The van der Waals surface area contributed by atoms with E-state index < -0.39 is 0 Å². The predicted molar refractivity (Wildman–Crippen MR) is 128 cm³/mol. The molecule has 1 saturated heterocycles. The first kappa shape index (κ1) is 20.8. The minimum atomic E-state index is 0.0533. The highest BCUT2D eigenvalue weighted by Crippen LogP contribution is 2.34. The molecule has 0 bridgehead atoms. The quantitative estimate of drug-likeness (QED) is 0.598. The number of hydrogen-bond donors (Lipinski definition) is 0. The summed E-state index contributed by atoms with van der Waals surface area (Å²) in [6.45, 7) is 2.80. The van der Waals surface area contributed by atoms with Crippen LogP contribution in [0, 0.1) is 0 Å². The van der Waals surface area contributed by atoms with E-state index in [9.17, 15) is 9.59 Å².